The van der Waals surface area contributed by atoms with Crippen LogP contribution in [0.25, 0.3) is 22.3 Å². The maximum absolute atomic E-state index is 13.9. The fourth-order valence-electron chi connectivity index (χ4n) is 2.83. The van der Waals surface area contributed by atoms with E-state index in [0.717, 1.165) is 21.5 Å². The molecule has 31 heavy (non-hydrogen) atoms. The molecule has 4 rings (SSSR count). The minimum atomic E-state index is -0.623. The first-order chi connectivity index (χ1) is 15.0. The van der Waals surface area contributed by atoms with Crippen molar-refractivity contribution in [2.24, 2.45) is 0 Å². The molecule has 9 heteroatoms. The van der Waals surface area contributed by atoms with Gasteiger partial charge in [0.2, 0.25) is 5.13 Å². The van der Waals surface area contributed by atoms with E-state index in [1.165, 1.54) is 12.1 Å². The van der Waals surface area contributed by atoms with Gasteiger partial charge in [-0.25, -0.2) is 4.39 Å². The van der Waals surface area contributed by atoms with Crippen LogP contribution in [-0.2, 0) is 4.79 Å². The Morgan fingerprint density at radius 3 is 2.65 bits per heavy atom. The van der Waals surface area contributed by atoms with Crippen LogP contribution < -0.4 is 5.32 Å². The third-order valence-electron chi connectivity index (χ3n) is 4.29. The van der Waals surface area contributed by atoms with Crippen LogP contribution in [0.1, 0.15) is 5.69 Å². The maximum atomic E-state index is 13.9. The summed E-state index contributed by atoms with van der Waals surface area (Å²) in [5.74, 6) is -1.05. The number of carbonyl (C=O) groups excluding carboxylic acids is 1. The average Bonchev–Trinajstić information content (AvgIpc) is 3.42. The number of amides is 1. The summed E-state index contributed by atoms with van der Waals surface area (Å²) < 4.78 is 16.7. The van der Waals surface area contributed by atoms with Gasteiger partial charge in [0.15, 0.2) is 5.01 Å². The van der Waals surface area contributed by atoms with Gasteiger partial charge >= 0.3 is 0 Å². The van der Waals surface area contributed by atoms with Crippen molar-refractivity contribution in [3.8, 4) is 22.3 Å². The molecule has 1 N–H and O–H groups in total. The SMILES string of the molecule is N#C/C(=C/c1cccn1-c1ccc(Br)cc1)C(=O)Nc1nnc(-c2ccccc2F)s1. The first-order valence-corrected chi connectivity index (χ1v) is 10.6. The van der Waals surface area contributed by atoms with Gasteiger partial charge in [-0.05, 0) is 54.6 Å². The minimum absolute atomic E-state index is 0.0975. The fraction of sp³-hybridized carbons (Fsp3) is 0. The molecule has 0 saturated heterocycles. The Hall–Kier alpha value is -3.61. The van der Waals surface area contributed by atoms with Crippen molar-refractivity contribution in [1.82, 2.24) is 14.8 Å². The molecule has 0 aliphatic heterocycles. The summed E-state index contributed by atoms with van der Waals surface area (Å²) in [6.07, 6.45) is 3.34. The van der Waals surface area contributed by atoms with Gasteiger partial charge in [0, 0.05) is 27.6 Å². The number of benzene rings is 2. The highest BCUT2D eigenvalue weighted by Gasteiger charge is 2.16. The lowest BCUT2D eigenvalue weighted by Gasteiger charge is -2.07. The number of nitrogens with one attached hydrogen (secondary N) is 1. The van der Waals surface area contributed by atoms with Gasteiger partial charge in [-0.1, -0.05) is 39.4 Å². The number of anilines is 1. The summed E-state index contributed by atoms with van der Waals surface area (Å²) in [7, 11) is 0. The lowest BCUT2D eigenvalue weighted by atomic mass is 10.2. The molecule has 4 aromatic rings. The Labute approximate surface area is 189 Å². The second-order valence-corrected chi connectivity index (χ2v) is 8.19. The Balaban J connectivity index is 1.56. The second kappa shape index (κ2) is 9.04. The molecular formula is C22H13BrFN5OS. The molecule has 2 aromatic carbocycles. The van der Waals surface area contributed by atoms with Crippen LogP contribution >= 0.6 is 27.3 Å². The number of carbonyl (C=O) groups is 1. The zero-order chi connectivity index (χ0) is 21.8. The zero-order valence-corrected chi connectivity index (χ0v) is 18.2. The number of nitriles is 1. The number of hydrogen-bond acceptors (Lipinski definition) is 5. The Kier molecular flexibility index (Phi) is 6.02. The topological polar surface area (TPSA) is 83.6 Å². The Morgan fingerprint density at radius 1 is 1.13 bits per heavy atom. The zero-order valence-electron chi connectivity index (χ0n) is 15.8. The first-order valence-electron chi connectivity index (χ1n) is 9.00. The molecule has 0 saturated carbocycles. The van der Waals surface area contributed by atoms with Gasteiger partial charge in [0.25, 0.3) is 5.91 Å². The summed E-state index contributed by atoms with van der Waals surface area (Å²) >= 11 is 4.43. The smallest absolute Gasteiger partial charge is 0.268 e. The molecule has 0 radical (unpaired) electrons. The van der Waals surface area contributed by atoms with Crippen molar-refractivity contribution >= 4 is 44.4 Å². The summed E-state index contributed by atoms with van der Waals surface area (Å²) in [4.78, 5) is 12.6. The molecule has 0 bridgehead atoms. The Bertz CT molecular complexity index is 1320. The molecule has 152 valence electrons. The van der Waals surface area contributed by atoms with Crippen molar-refractivity contribution in [3.63, 3.8) is 0 Å². The van der Waals surface area contributed by atoms with Crippen LogP contribution in [0.2, 0.25) is 0 Å². The third kappa shape index (κ3) is 4.60. The van der Waals surface area contributed by atoms with E-state index in [0.29, 0.717) is 16.3 Å². The number of hydrogen-bond donors (Lipinski definition) is 1. The lowest BCUT2D eigenvalue weighted by Crippen LogP contribution is -2.13. The first kappa shape index (κ1) is 20.7. The van der Waals surface area contributed by atoms with Crippen molar-refractivity contribution in [2.75, 3.05) is 5.32 Å². The van der Waals surface area contributed by atoms with E-state index < -0.39 is 11.7 Å². The summed E-state index contributed by atoms with van der Waals surface area (Å²) in [6.45, 7) is 0. The van der Waals surface area contributed by atoms with Crippen molar-refractivity contribution in [3.05, 3.63) is 88.4 Å². The molecule has 6 nitrogen and oxygen atoms in total. The summed E-state index contributed by atoms with van der Waals surface area (Å²) in [5, 5.41) is 20.4. The lowest BCUT2D eigenvalue weighted by molar-refractivity contribution is -0.112. The number of aromatic nitrogens is 3. The van der Waals surface area contributed by atoms with Crippen LogP contribution in [0.3, 0.4) is 0 Å². The monoisotopic (exact) mass is 493 g/mol. The van der Waals surface area contributed by atoms with Gasteiger partial charge in [-0.2, -0.15) is 5.26 Å². The predicted molar refractivity (Wildman–Crippen MR) is 121 cm³/mol. The number of rotatable bonds is 5. The molecule has 0 spiro atoms. The number of nitrogens with zero attached hydrogens (tertiary/aromatic N) is 4. The molecule has 0 atom stereocenters. The normalized spacial score (nSPS) is 11.2. The van der Waals surface area contributed by atoms with Gasteiger partial charge < -0.3 is 4.57 Å². The van der Waals surface area contributed by atoms with Gasteiger partial charge in [0.05, 0.1) is 0 Å². The van der Waals surface area contributed by atoms with E-state index in [1.54, 1.807) is 24.3 Å². The van der Waals surface area contributed by atoms with Crippen LogP contribution in [-0.4, -0.2) is 20.7 Å². The van der Waals surface area contributed by atoms with E-state index in [-0.39, 0.29) is 10.7 Å². The molecule has 0 aliphatic carbocycles. The third-order valence-corrected chi connectivity index (χ3v) is 5.69. The highest BCUT2D eigenvalue weighted by Crippen LogP contribution is 2.28. The molecule has 2 heterocycles. The predicted octanol–water partition coefficient (Wildman–Crippen LogP) is 5.44. The van der Waals surface area contributed by atoms with E-state index in [1.807, 2.05) is 47.2 Å². The van der Waals surface area contributed by atoms with Gasteiger partial charge in [0.1, 0.15) is 17.5 Å². The van der Waals surface area contributed by atoms with Gasteiger partial charge in [-0.15, -0.1) is 10.2 Å². The quantitative estimate of drug-likeness (QED) is 0.296. The van der Waals surface area contributed by atoms with Crippen LogP contribution in [0, 0.1) is 17.1 Å². The second-order valence-electron chi connectivity index (χ2n) is 6.30. The van der Waals surface area contributed by atoms with Crippen LogP contribution in [0.15, 0.2) is 76.9 Å². The molecule has 0 fully saturated rings. The molecular weight excluding hydrogens is 481 g/mol. The van der Waals surface area contributed by atoms with Crippen LogP contribution in [0.4, 0.5) is 9.52 Å². The summed E-state index contributed by atoms with van der Waals surface area (Å²) in [5.41, 5.74) is 1.75. The summed E-state index contributed by atoms with van der Waals surface area (Å²) in [6, 6.07) is 19.4. The standard InChI is InChI=1S/C22H13BrFN5OS/c23-15-7-9-16(10-8-15)29-11-3-4-17(29)12-14(13-25)20(30)26-22-28-27-21(31-22)18-5-1-2-6-19(18)24/h1-12H,(H,26,28,30)/b14-12-. The van der Waals surface area contributed by atoms with E-state index in [2.05, 4.69) is 31.4 Å². The van der Waals surface area contributed by atoms with Crippen LogP contribution in [0.5, 0.6) is 0 Å². The van der Waals surface area contributed by atoms with Crippen molar-refractivity contribution in [1.29, 1.82) is 5.26 Å². The van der Waals surface area contributed by atoms with E-state index >= 15 is 0 Å². The highest BCUT2D eigenvalue weighted by molar-refractivity contribution is 9.10. The molecule has 0 aliphatic rings. The molecule has 2 aromatic heterocycles. The minimum Gasteiger partial charge on any atom is -0.317 e. The number of halogens is 2. The van der Waals surface area contributed by atoms with Gasteiger partial charge in [-0.3, -0.25) is 10.1 Å². The largest absolute Gasteiger partial charge is 0.317 e. The highest BCUT2D eigenvalue weighted by atomic mass is 79.9. The molecule has 1 amide bonds. The molecule has 0 unspecified atom stereocenters. The Morgan fingerprint density at radius 2 is 1.90 bits per heavy atom. The fourth-order valence-corrected chi connectivity index (χ4v) is 3.86. The average molecular weight is 494 g/mol. The maximum Gasteiger partial charge on any atom is 0.268 e. The van der Waals surface area contributed by atoms with E-state index in [4.69, 9.17) is 0 Å². The van der Waals surface area contributed by atoms with E-state index in [9.17, 15) is 14.4 Å². The van der Waals surface area contributed by atoms with Crippen molar-refractivity contribution < 1.29 is 9.18 Å². The van der Waals surface area contributed by atoms with Crippen molar-refractivity contribution in [2.45, 2.75) is 0 Å².